The Balaban J connectivity index is 1.63. The van der Waals surface area contributed by atoms with Gasteiger partial charge < -0.3 is 10.2 Å². The number of hydrogen-bond donors (Lipinski definition) is 2. The fourth-order valence-corrected chi connectivity index (χ4v) is 4.04. The molecule has 0 aromatic heterocycles. The zero-order valence-electron chi connectivity index (χ0n) is 12.6. The van der Waals surface area contributed by atoms with Crippen LogP contribution in [0, 0.1) is 0 Å². The number of piperidine rings is 1. The number of sulfonamides is 1. The largest absolute Gasteiger partial charge is 0.373 e. The van der Waals surface area contributed by atoms with Crippen LogP contribution >= 0.6 is 0 Å². The fourth-order valence-electron chi connectivity index (χ4n) is 3.24. The third-order valence-corrected chi connectivity index (χ3v) is 4.94. The van der Waals surface area contributed by atoms with E-state index in [0.717, 1.165) is 30.3 Å². The Morgan fingerprint density at radius 1 is 1.36 bits per heavy atom. The molecule has 1 aromatic rings. The van der Waals surface area contributed by atoms with Gasteiger partial charge in [0, 0.05) is 31.2 Å². The molecule has 2 atom stereocenters. The second-order valence-corrected chi connectivity index (χ2v) is 7.85. The highest BCUT2D eigenvalue weighted by atomic mass is 32.2. The molecule has 2 aliphatic rings. The lowest BCUT2D eigenvalue weighted by atomic mass is 10.0. The molecular formula is C15H21N3O3S. The lowest BCUT2D eigenvalue weighted by Gasteiger charge is -2.34. The highest BCUT2D eigenvalue weighted by molar-refractivity contribution is 7.88. The smallest absolute Gasteiger partial charge is 0.245 e. The van der Waals surface area contributed by atoms with Gasteiger partial charge in [-0.15, -0.1) is 0 Å². The monoisotopic (exact) mass is 323 g/mol. The summed E-state index contributed by atoms with van der Waals surface area (Å²) < 4.78 is 25.3. The molecule has 0 saturated carbocycles. The van der Waals surface area contributed by atoms with Crippen LogP contribution in [0.5, 0.6) is 0 Å². The molecule has 2 unspecified atom stereocenters. The minimum Gasteiger partial charge on any atom is -0.373 e. The first kappa shape index (κ1) is 15.3. The number of fused-ring (bicyclic) bond motifs is 1. The highest BCUT2D eigenvalue weighted by Gasteiger charge is 2.33. The first-order valence-corrected chi connectivity index (χ1v) is 9.42. The van der Waals surface area contributed by atoms with E-state index in [1.165, 1.54) is 0 Å². The summed E-state index contributed by atoms with van der Waals surface area (Å²) in [6, 6.07) is 7.50. The molecule has 120 valence electrons. The lowest BCUT2D eigenvalue weighted by molar-refractivity contribution is -0.133. The molecule has 0 aliphatic carbocycles. The van der Waals surface area contributed by atoms with Gasteiger partial charge >= 0.3 is 0 Å². The van der Waals surface area contributed by atoms with Gasteiger partial charge in [-0.2, -0.15) is 0 Å². The van der Waals surface area contributed by atoms with Crippen LogP contribution < -0.4 is 10.0 Å². The number of nitrogens with zero attached hydrogens (tertiary/aromatic N) is 1. The van der Waals surface area contributed by atoms with Crippen LogP contribution in [0.2, 0.25) is 0 Å². The first-order chi connectivity index (χ1) is 10.4. The number of benzene rings is 1. The van der Waals surface area contributed by atoms with Crippen LogP contribution in [0.3, 0.4) is 0 Å². The summed E-state index contributed by atoms with van der Waals surface area (Å²) in [6.45, 7) is 1.13. The third kappa shape index (κ3) is 3.41. The van der Waals surface area contributed by atoms with E-state index >= 15 is 0 Å². The standard InChI is InChI=1S/C15H21N3O3S/c1-22(20,21)17-12-6-4-8-18(10-12)15(19)14-9-11-5-2-3-7-13(11)16-14/h2-3,5,7,12,14,16-17H,4,6,8-10H2,1H3. The molecule has 2 aliphatic heterocycles. The van der Waals surface area contributed by atoms with Crippen molar-refractivity contribution in [3.05, 3.63) is 29.8 Å². The normalized spacial score (nSPS) is 24.7. The predicted molar refractivity (Wildman–Crippen MR) is 85.1 cm³/mol. The maximum absolute atomic E-state index is 12.7. The van der Waals surface area contributed by atoms with E-state index in [-0.39, 0.29) is 18.0 Å². The summed E-state index contributed by atoms with van der Waals surface area (Å²) in [5.74, 6) is 0.0520. The van der Waals surface area contributed by atoms with E-state index in [1.807, 2.05) is 24.3 Å². The Morgan fingerprint density at radius 2 is 2.14 bits per heavy atom. The SMILES string of the molecule is CS(=O)(=O)NC1CCCN(C(=O)C2Cc3ccccc3N2)C1. The van der Waals surface area contributed by atoms with Crippen LogP contribution in [-0.2, 0) is 21.2 Å². The van der Waals surface area contributed by atoms with Crippen molar-refractivity contribution in [1.29, 1.82) is 0 Å². The summed E-state index contributed by atoms with van der Waals surface area (Å²) >= 11 is 0. The number of carbonyl (C=O) groups is 1. The van der Waals surface area contributed by atoms with Crippen LogP contribution in [0.4, 0.5) is 5.69 Å². The van der Waals surface area contributed by atoms with Crippen molar-refractivity contribution in [2.45, 2.75) is 31.3 Å². The molecule has 1 aromatic carbocycles. The van der Waals surface area contributed by atoms with Gasteiger partial charge in [-0.3, -0.25) is 4.79 Å². The Hall–Kier alpha value is -1.60. The van der Waals surface area contributed by atoms with E-state index < -0.39 is 10.0 Å². The quantitative estimate of drug-likeness (QED) is 0.852. The fraction of sp³-hybridized carbons (Fsp3) is 0.533. The zero-order valence-corrected chi connectivity index (χ0v) is 13.4. The number of rotatable bonds is 3. The number of anilines is 1. The summed E-state index contributed by atoms with van der Waals surface area (Å²) in [5, 5.41) is 3.26. The molecular weight excluding hydrogens is 302 g/mol. The minimum absolute atomic E-state index is 0.0520. The average molecular weight is 323 g/mol. The van der Waals surface area contributed by atoms with Crippen LogP contribution in [0.1, 0.15) is 18.4 Å². The van der Waals surface area contributed by atoms with Gasteiger partial charge in [-0.05, 0) is 24.5 Å². The number of carbonyl (C=O) groups excluding carboxylic acids is 1. The summed E-state index contributed by atoms with van der Waals surface area (Å²) in [5.41, 5.74) is 2.17. The maximum atomic E-state index is 12.7. The molecule has 22 heavy (non-hydrogen) atoms. The Morgan fingerprint density at radius 3 is 2.86 bits per heavy atom. The van der Waals surface area contributed by atoms with Gasteiger partial charge in [0.1, 0.15) is 6.04 Å². The molecule has 0 radical (unpaired) electrons. The average Bonchev–Trinajstić information content (AvgIpc) is 2.88. The molecule has 2 N–H and O–H groups in total. The van der Waals surface area contributed by atoms with Gasteiger partial charge in [0.05, 0.1) is 6.26 Å². The molecule has 6 nitrogen and oxygen atoms in total. The van der Waals surface area contributed by atoms with E-state index in [4.69, 9.17) is 0 Å². The Bertz CT molecular complexity index is 649. The first-order valence-electron chi connectivity index (χ1n) is 7.53. The lowest BCUT2D eigenvalue weighted by Crippen LogP contribution is -2.52. The predicted octanol–water partition coefficient (Wildman–Crippen LogP) is 0.563. The minimum atomic E-state index is -3.24. The number of para-hydroxylation sites is 1. The van der Waals surface area contributed by atoms with E-state index in [1.54, 1.807) is 4.90 Å². The van der Waals surface area contributed by atoms with Crippen molar-refractivity contribution in [2.24, 2.45) is 0 Å². The van der Waals surface area contributed by atoms with Crippen LogP contribution in [0.15, 0.2) is 24.3 Å². The van der Waals surface area contributed by atoms with E-state index in [2.05, 4.69) is 10.0 Å². The van der Waals surface area contributed by atoms with E-state index in [9.17, 15) is 13.2 Å². The summed E-state index contributed by atoms with van der Waals surface area (Å²) in [4.78, 5) is 14.4. The number of nitrogens with one attached hydrogen (secondary N) is 2. The third-order valence-electron chi connectivity index (χ3n) is 4.18. The molecule has 1 saturated heterocycles. The van der Waals surface area contributed by atoms with Crippen LogP contribution in [-0.4, -0.2) is 50.7 Å². The van der Waals surface area contributed by atoms with Crippen molar-refractivity contribution in [3.63, 3.8) is 0 Å². The van der Waals surface area contributed by atoms with Gasteiger partial charge in [0.15, 0.2) is 0 Å². The Labute approximate surface area is 130 Å². The van der Waals surface area contributed by atoms with Crippen LogP contribution in [0.25, 0.3) is 0 Å². The second-order valence-electron chi connectivity index (χ2n) is 6.07. The second kappa shape index (κ2) is 5.89. The topological polar surface area (TPSA) is 78.5 Å². The van der Waals surface area contributed by atoms with Crippen molar-refractivity contribution in [2.75, 3.05) is 24.7 Å². The molecule has 2 heterocycles. The highest BCUT2D eigenvalue weighted by Crippen LogP contribution is 2.26. The van der Waals surface area contributed by atoms with Crippen molar-refractivity contribution in [3.8, 4) is 0 Å². The molecule has 0 spiro atoms. The van der Waals surface area contributed by atoms with Gasteiger partial charge in [-0.25, -0.2) is 13.1 Å². The van der Waals surface area contributed by atoms with Crippen molar-refractivity contribution < 1.29 is 13.2 Å². The summed E-state index contributed by atoms with van der Waals surface area (Å²) in [6.07, 6.45) is 3.44. The molecule has 7 heteroatoms. The van der Waals surface area contributed by atoms with Gasteiger partial charge in [0.25, 0.3) is 0 Å². The number of hydrogen-bond acceptors (Lipinski definition) is 4. The number of amides is 1. The zero-order chi connectivity index (χ0) is 15.7. The summed E-state index contributed by atoms with van der Waals surface area (Å²) in [7, 11) is -3.24. The van der Waals surface area contributed by atoms with Gasteiger partial charge in [0.2, 0.25) is 15.9 Å². The van der Waals surface area contributed by atoms with Crippen molar-refractivity contribution in [1.82, 2.24) is 9.62 Å². The van der Waals surface area contributed by atoms with E-state index in [0.29, 0.717) is 19.5 Å². The maximum Gasteiger partial charge on any atom is 0.245 e. The Kier molecular flexibility index (Phi) is 4.10. The molecule has 0 bridgehead atoms. The molecule has 3 rings (SSSR count). The van der Waals surface area contributed by atoms with Gasteiger partial charge in [-0.1, -0.05) is 18.2 Å². The molecule has 1 fully saturated rings. The molecule has 1 amide bonds. The number of likely N-dealkylation sites (tertiary alicyclic amines) is 1. The van der Waals surface area contributed by atoms with Crippen molar-refractivity contribution >= 4 is 21.6 Å².